The van der Waals surface area contributed by atoms with Crippen LogP contribution in [0.4, 0.5) is 8.78 Å². The highest BCUT2D eigenvalue weighted by atomic mass is 19.1. The van der Waals surface area contributed by atoms with Crippen molar-refractivity contribution in [1.82, 2.24) is 4.90 Å². The van der Waals surface area contributed by atoms with Gasteiger partial charge >= 0.3 is 0 Å². The lowest BCUT2D eigenvalue weighted by atomic mass is 10.1. The van der Waals surface area contributed by atoms with E-state index in [9.17, 15) is 13.6 Å². The Kier molecular flexibility index (Phi) is 3.61. The third kappa shape index (κ3) is 2.51. The van der Waals surface area contributed by atoms with Gasteiger partial charge in [-0.25, -0.2) is 8.78 Å². The minimum Gasteiger partial charge on any atom is -0.395 e. The molecule has 3 nitrogen and oxygen atoms in total. The van der Waals surface area contributed by atoms with Crippen LogP contribution in [0.15, 0.2) is 18.2 Å². The lowest BCUT2D eigenvalue weighted by molar-refractivity contribution is -0.131. The van der Waals surface area contributed by atoms with Crippen molar-refractivity contribution >= 4 is 5.91 Å². The lowest BCUT2D eigenvalue weighted by Gasteiger charge is -2.15. The van der Waals surface area contributed by atoms with Crippen molar-refractivity contribution in [2.24, 2.45) is 5.92 Å². The van der Waals surface area contributed by atoms with Crippen molar-refractivity contribution < 1.29 is 18.7 Å². The summed E-state index contributed by atoms with van der Waals surface area (Å²) in [5.74, 6) is -1.73. The number of rotatable bonds is 4. The Morgan fingerprint density at radius 2 is 2.22 bits per heavy atom. The molecule has 0 saturated heterocycles. The molecule has 1 aliphatic rings. The number of benzene rings is 1. The first-order valence-electron chi connectivity index (χ1n) is 5.85. The number of aliphatic hydroxyl groups is 1. The molecule has 1 N–H and O–H groups in total. The van der Waals surface area contributed by atoms with E-state index in [0.717, 1.165) is 6.07 Å². The van der Waals surface area contributed by atoms with Gasteiger partial charge in [0.25, 0.3) is 0 Å². The van der Waals surface area contributed by atoms with Gasteiger partial charge in [0.1, 0.15) is 11.6 Å². The van der Waals surface area contributed by atoms with E-state index in [1.807, 2.05) is 0 Å². The molecule has 0 bridgehead atoms. The van der Waals surface area contributed by atoms with Crippen LogP contribution in [0.25, 0.3) is 0 Å². The summed E-state index contributed by atoms with van der Waals surface area (Å²) in [4.78, 5) is 13.3. The van der Waals surface area contributed by atoms with E-state index in [-0.39, 0.29) is 30.9 Å². The number of aliphatic hydroxyl groups excluding tert-OH is 1. The number of amides is 1. The average molecular weight is 255 g/mol. The molecule has 98 valence electrons. The van der Waals surface area contributed by atoms with E-state index in [2.05, 4.69) is 0 Å². The summed E-state index contributed by atoms with van der Waals surface area (Å²) in [5.41, 5.74) is 0.396. The maximum absolute atomic E-state index is 13.5. The van der Waals surface area contributed by atoms with Crippen LogP contribution in [0.5, 0.6) is 0 Å². The van der Waals surface area contributed by atoms with Gasteiger partial charge in [-0.05, 0) is 24.0 Å². The molecule has 0 heterocycles. The minimum absolute atomic E-state index is 0.0927. The van der Waals surface area contributed by atoms with E-state index in [0.29, 0.717) is 12.0 Å². The van der Waals surface area contributed by atoms with Gasteiger partial charge in [-0.1, -0.05) is 6.07 Å². The van der Waals surface area contributed by atoms with Gasteiger partial charge in [-0.15, -0.1) is 0 Å². The largest absolute Gasteiger partial charge is 0.395 e. The highest BCUT2D eigenvalue weighted by Crippen LogP contribution is 2.49. The Morgan fingerprint density at radius 3 is 2.83 bits per heavy atom. The maximum atomic E-state index is 13.5. The van der Waals surface area contributed by atoms with Gasteiger partial charge in [-0.3, -0.25) is 4.79 Å². The molecule has 0 aliphatic heterocycles. The number of hydrogen-bond acceptors (Lipinski definition) is 2. The molecular formula is C13H15F2NO2. The highest BCUT2D eigenvalue weighted by molar-refractivity contribution is 5.82. The minimum atomic E-state index is -0.614. The van der Waals surface area contributed by atoms with Gasteiger partial charge in [0.2, 0.25) is 5.91 Å². The number of carbonyl (C=O) groups excluding carboxylic acids is 1. The fourth-order valence-corrected chi connectivity index (χ4v) is 2.16. The normalized spacial score (nSPS) is 21.8. The molecule has 2 unspecified atom stereocenters. The second-order valence-corrected chi connectivity index (χ2v) is 4.60. The highest BCUT2D eigenvalue weighted by Gasteiger charge is 2.46. The summed E-state index contributed by atoms with van der Waals surface area (Å²) in [6.45, 7) is 0.179. The molecule has 1 aromatic carbocycles. The van der Waals surface area contributed by atoms with Crippen LogP contribution in [0.2, 0.25) is 0 Å². The van der Waals surface area contributed by atoms with Gasteiger partial charge in [0.05, 0.1) is 6.61 Å². The molecule has 0 aromatic heterocycles. The van der Waals surface area contributed by atoms with Crippen LogP contribution >= 0.6 is 0 Å². The van der Waals surface area contributed by atoms with Crippen LogP contribution in [0.3, 0.4) is 0 Å². The molecular weight excluding hydrogens is 240 g/mol. The first kappa shape index (κ1) is 13.0. The fourth-order valence-electron chi connectivity index (χ4n) is 2.16. The topological polar surface area (TPSA) is 40.5 Å². The first-order chi connectivity index (χ1) is 8.54. The van der Waals surface area contributed by atoms with E-state index >= 15 is 0 Å². The Hall–Kier alpha value is -1.49. The first-order valence-corrected chi connectivity index (χ1v) is 5.85. The molecule has 1 fully saturated rings. The summed E-state index contributed by atoms with van der Waals surface area (Å²) in [7, 11) is 1.61. The monoisotopic (exact) mass is 255 g/mol. The second-order valence-electron chi connectivity index (χ2n) is 4.60. The summed E-state index contributed by atoms with van der Waals surface area (Å²) < 4.78 is 26.3. The zero-order valence-electron chi connectivity index (χ0n) is 10.1. The number of carbonyl (C=O) groups is 1. The molecule has 5 heteroatoms. The molecule has 0 radical (unpaired) electrons. The van der Waals surface area contributed by atoms with Crippen molar-refractivity contribution in [3.05, 3.63) is 35.4 Å². The van der Waals surface area contributed by atoms with E-state index in [1.165, 1.54) is 17.0 Å². The predicted molar refractivity (Wildman–Crippen MR) is 61.9 cm³/mol. The molecule has 0 spiro atoms. The van der Waals surface area contributed by atoms with Crippen LogP contribution in [-0.4, -0.2) is 36.1 Å². The fraction of sp³-hybridized carbons (Fsp3) is 0.462. The van der Waals surface area contributed by atoms with Crippen LogP contribution in [0.1, 0.15) is 17.9 Å². The molecule has 1 amide bonds. The smallest absolute Gasteiger partial charge is 0.226 e. The molecule has 1 aliphatic carbocycles. The quantitative estimate of drug-likeness (QED) is 0.886. The summed E-state index contributed by atoms with van der Waals surface area (Å²) in [6, 6.07) is 3.44. The molecule has 18 heavy (non-hydrogen) atoms. The number of halogens is 2. The Labute approximate surface area is 104 Å². The average Bonchev–Trinajstić information content (AvgIpc) is 3.08. The third-order valence-corrected chi connectivity index (χ3v) is 3.28. The SMILES string of the molecule is CN(CCO)C(=O)C1CC1c1ccc(F)cc1F. The molecule has 2 rings (SSSR count). The van der Waals surface area contributed by atoms with Crippen molar-refractivity contribution in [2.45, 2.75) is 12.3 Å². The number of nitrogens with zero attached hydrogens (tertiary/aromatic N) is 1. The van der Waals surface area contributed by atoms with Crippen molar-refractivity contribution in [1.29, 1.82) is 0 Å². The van der Waals surface area contributed by atoms with Crippen LogP contribution < -0.4 is 0 Å². The van der Waals surface area contributed by atoms with Gasteiger partial charge in [0, 0.05) is 25.6 Å². The number of likely N-dealkylation sites (N-methyl/N-ethyl adjacent to an activating group) is 1. The third-order valence-electron chi connectivity index (χ3n) is 3.28. The van der Waals surface area contributed by atoms with E-state index in [1.54, 1.807) is 7.05 Å². The van der Waals surface area contributed by atoms with Crippen molar-refractivity contribution in [3.63, 3.8) is 0 Å². The van der Waals surface area contributed by atoms with E-state index < -0.39 is 11.6 Å². The zero-order chi connectivity index (χ0) is 13.3. The molecule has 2 atom stereocenters. The second kappa shape index (κ2) is 5.02. The van der Waals surface area contributed by atoms with Gasteiger partial charge < -0.3 is 10.0 Å². The summed E-state index contributed by atoms with van der Waals surface area (Å²) >= 11 is 0. The number of hydrogen-bond donors (Lipinski definition) is 1. The van der Waals surface area contributed by atoms with Crippen LogP contribution in [0, 0.1) is 17.6 Å². The summed E-state index contributed by atoms with van der Waals surface area (Å²) in [5, 5.41) is 8.75. The standard InChI is InChI=1S/C13H15F2NO2/c1-16(4-5-17)13(18)11-7-10(11)9-3-2-8(14)6-12(9)15/h2-3,6,10-11,17H,4-5,7H2,1H3. The molecule has 1 saturated carbocycles. The molecule has 1 aromatic rings. The predicted octanol–water partition coefficient (Wildman–Crippen LogP) is 1.52. The Bertz CT molecular complexity index is 464. The van der Waals surface area contributed by atoms with Crippen LogP contribution in [-0.2, 0) is 4.79 Å². The Morgan fingerprint density at radius 1 is 1.50 bits per heavy atom. The van der Waals surface area contributed by atoms with Crippen molar-refractivity contribution in [3.8, 4) is 0 Å². The zero-order valence-corrected chi connectivity index (χ0v) is 10.1. The van der Waals surface area contributed by atoms with E-state index in [4.69, 9.17) is 5.11 Å². The maximum Gasteiger partial charge on any atom is 0.226 e. The van der Waals surface area contributed by atoms with Crippen molar-refractivity contribution in [2.75, 3.05) is 20.2 Å². The summed E-state index contributed by atoms with van der Waals surface area (Å²) in [6.07, 6.45) is 0.581. The lowest BCUT2D eigenvalue weighted by Crippen LogP contribution is -2.31. The van der Waals surface area contributed by atoms with Gasteiger partial charge in [-0.2, -0.15) is 0 Å². The Balaban J connectivity index is 2.04. The van der Waals surface area contributed by atoms with Gasteiger partial charge in [0.15, 0.2) is 0 Å².